The van der Waals surface area contributed by atoms with E-state index < -0.39 is 6.04 Å². The number of carbonyl (C=O) groups excluding carboxylic acids is 2. The summed E-state index contributed by atoms with van der Waals surface area (Å²) in [5, 5.41) is 3.52. The summed E-state index contributed by atoms with van der Waals surface area (Å²) in [6.07, 6.45) is 0.870. The van der Waals surface area contributed by atoms with E-state index >= 15 is 0 Å². The molecule has 0 radical (unpaired) electrons. The Balaban J connectivity index is 1.99. The molecule has 2 aromatic rings. The maximum absolute atomic E-state index is 13.0. The van der Waals surface area contributed by atoms with E-state index in [1.807, 2.05) is 62.4 Å². The Bertz CT molecular complexity index is 811. The summed E-state index contributed by atoms with van der Waals surface area (Å²) in [7, 11) is 0. The number of halogens is 1. The minimum atomic E-state index is -0.578. The molecule has 5 nitrogen and oxygen atoms in total. The maximum atomic E-state index is 13.0. The number of amides is 2. The topological polar surface area (TPSA) is 58.6 Å². The standard InChI is InChI=1S/C24H31ClN2O3/c1-18(2)16-26-24(29)19(3)27(17-20-9-7-10-21(25)15-20)23(28)13-8-14-30-22-11-5-4-6-12-22/h4-7,9-12,15,18-19H,8,13-14,16-17H2,1-3H3,(H,26,29)/t19-/m0/s1. The van der Waals surface area contributed by atoms with Crippen LogP contribution in [0.3, 0.4) is 0 Å². The molecule has 2 amide bonds. The molecule has 1 atom stereocenters. The van der Waals surface area contributed by atoms with Gasteiger partial charge in [-0.25, -0.2) is 0 Å². The molecule has 0 saturated carbocycles. The van der Waals surface area contributed by atoms with Crippen molar-refractivity contribution in [2.45, 2.75) is 46.2 Å². The van der Waals surface area contributed by atoms with Gasteiger partial charge in [0.25, 0.3) is 0 Å². The largest absolute Gasteiger partial charge is 0.494 e. The molecule has 0 saturated heterocycles. The van der Waals surface area contributed by atoms with Gasteiger partial charge in [0.05, 0.1) is 6.61 Å². The summed E-state index contributed by atoms with van der Waals surface area (Å²) >= 11 is 6.10. The molecule has 2 rings (SSSR count). The van der Waals surface area contributed by atoms with E-state index in [0.29, 0.717) is 43.5 Å². The third kappa shape index (κ3) is 8.07. The highest BCUT2D eigenvalue weighted by Crippen LogP contribution is 2.16. The molecule has 0 heterocycles. The van der Waals surface area contributed by atoms with E-state index in [4.69, 9.17) is 16.3 Å². The van der Waals surface area contributed by atoms with Crippen LogP contribution in [0.25, 0.3) is 0 Å². The first-order valence-electron chi connectivity index (χ1n) is 10.4. The molecule has 0 aliphatic carbocycles. The van der Waals surface area contributed by atoms with Gasteiger partial charge < -0.3 is 15.0 Å². The van der Waals surface area contributed by atoms with Gasteiger partial charge in [0.1, 0.15) is 11.8 Å². The third-order valence-corrected chi connectivity index (χ3v) is 4.88. The molecule has 0 aromatic heterocycles. The Morgan fingerprint density at radius 3 is 2.47 bits per heavy atom. The van der Waals surface area contributed by atoms with Gasteiger partial charge in [0, 0.05) is 24.5 Å². The van der Waals surface area contributed by atoms with Gasteiger partial charge >= 0.3 is 0 Å². The van der Waals surface area contributed by atoms with Crippen LogP contribution >= 0.6 is 11.6 Å². The van der Waals surface area contributed by atoms with Gasteiger partial charge in [0.15, 0.2) is 0 Å². The van der Waals surface area contributed by atoms with Crippen LogP contribution in [0.1, 0.15) is 39.2 Å². The summed E-state index contributed by atoms with van der Waals surface area (Å²) < 4.78 is 5.68. The Morgan fingerprint density at radius 1 is 1.07 bits per heavy atom. The molecule has 0 fully saturated rings. The molecule has 0 aliphatic heterocycles. The van der Waals surface area contributed by atoms with Crippen molar-refractivity contribution in [3.63, 3.8) is 0 Å². The molecule has 0 spiro atoms. The number of nitrogens with zero attached hydrogens (tertiary/aromatic N) is 1. The van der Waals surface area contributed by atoms with E-state index in [2.05, 4.69) is 5.32 Å². The monoisotopic (exact) mass is 430 g/mol. The number of benzene rings is 2. The van der Waals surface area contributed by atoms with Gasteiger partial charge in [-0.1, -0.05) is 55.8 Å². The normalized spacial score (nSPS) is 11.8. The molecular weight excluding hydrogens is 400 g/mol. The summed E-state index contributed by atoms with van der Waals surface area (Å²) in [6, 6.07) is 16.3. The fourth-order valence-corrected chi connectivity index (χ4v) is 3.15. The van der Waals surface area contributed by atoms with E-state index in [0.717, 1.165) is 11.3 Å². The third-order valence-electron chi connectivity index (χ3n) is 4.64. The lowest BCUT2D eigenvalue weighted by atomic mass is 10.1. The first-order valence-corrected chi connectivity index (χ1v) is 10.7. The Morgan fingerprint density at radius 2 is 1.80 bits per heavy atom. The van der Waals surface area contributed by atoms with Crippen LogP contribution in [0.4, 0.5) is 0 Å². The predicted molar refractivity (Wildman–Crippen MR) is 120 cm³/mol. The number of carbonyl (C=O) groups is 2. The highest BCUT2D eigenvalue weighted by atomic mass is 35.5. The van der Waals surface area contributed by atoms with Crippen LogP contribution in [-0.2, 0) is 16.1 Å². The average molecular weight is 431 g/mol. The van der Waals surface area contributed by atoms with Gasteiger partial charge in [-0.2, -0.15) is 0 Å². The molecule has 1 N–H and O–H groups in total. The van der Waals surface area contributed by atoms with Gasteiger partial charge in [-0.05, 0) is 49.1 Å². The highest BCUT2D eigenvalue weighted by molar-refractivity contribution is 6.30. The lowest BCUT2D eigenvalue weighted by Crippen LogP contribution is -2.48. The van der Waals surface area contributed by atoms with Crippen molar-refractivity contribution < 1.29 is 14.3 Å². The van der Waals surface area contributed by atoms with Crippen LogP contribution < -0.4 is 10.1 Å². The Kier molecular flexibility index (Phi) is 9.68. The minimum absolute atomic E-state index is 0.0844. The quantitative estimate of drug-likeness (QED) is 0.526. The summed E-state index contributed by atoms with van der Waals surface area (Å²) in [5.74, 6) is 0.883. The fraction of sp³-hybridized carbons (Fsp3) is 0.417. The number of hydrogen-bond donors (Lipinski definition) is 1. The lowest BCUT2D eigenvalue weighted by molar-refractivity contribution is -0.140. The highest BCUT2D eigenvalue weighted by Gasteiger charge is 2.25. The Hall–Kier alpha value is -2.53. The number of nitrogens with one attached hydrogen (secondary N) is 1. The second-order valence-corrected chi connectivity index (χ2v) is 8.17. The van der Waals surface area contributed by atoms with E-state index in [9.17, 15) is 9.59 Å². The molecule has 0 aliphatic rings. The zero-order valence-electron chi connectivity index (χ0n) is 17.9. The van der Waals surface area contributed by atoms with E-state index in [-0.39, 0.29) is 11.8 Å². The van der Waals surface area contributed by atoms with Crippen LogP contribution in [0.15, 0.2) is 54.6 Å². The van der Waals surface area contributed by atoms with E-state index in [1.165, 1.54) is 0 Å². The first kappa shape index (κ1) is 23.7. The fourth-order valence-electron chi connectivity index (χ4n) is 2.94. The molecule has 2 aromatic carbocycles. The summed E-state index contributed by atoms with van der Waals surface area (Å²) in [4.78, 5) is 27.2. The molecule has 0 bridgehead atoms. The summed E-state index contributed by atoms with van der Waals surface area (Å²) in [6.45, 7) is 7.18. The van der Waals surface area contributed by atoms with Crippen molar-refractivity contribution in [3.05, 3.63) is 65.2 Å². The van der Waals surface area contributed by atoms with E-state index in [1.54, 1.807) is 17.9 Å². The molecule has 162 valence electrons. The number of ether oxygens (including phenoxy) is 1. The molecule has 30 heavy (non-hydrogen) atoms. The van der Waals surface area contributed by atoms with Crippen LogP contribution in [0.2, 0.25) is 5.02 Å². The average Bonchev–Trinajstić information content (AvgIpc) is 2.73. The number of para-hydroxylation sites is 1. The SMILES string of the molecule is CC(C)CNC(=O)[C@H](C)N(Cc1cccc(Cl)c1)C(=O)CCCOc1ccccc1. The molecular formula is C24H31ClN2O3. The Labute approximate surface area is 184 Å². The number of hydrogen-bond acceptors (Lipinski definition) is 3. The smallest absolute Gasteiger partial charge is 0.242 e. The zero-order valence-corrected chi connectivity index (χ0v) is 18.7. The van der Waals surface area contributed by atoms with Gasteiger partial charge in [-0.3, -0.25) is 9.59 Å². The van der Waals surface area contributed by atoms with Crippen molar-refractivity contribution in [3.8, 4) is 5.75 Å². The van der Waals surface area contributed by atoms with Crippen molar-refractivity contribution >= 4 is 23.4 Å². The van der Waals surface area contributed by atoms with Crippen molar-refractivity contribution in [1.29, 1.82) is 0 Å². The minimum Gasteiger partial charge on any atom is -0.494 e. The molecule has 6 heteroatoms. The molecule has 0 unspecified atom stereocenters. The predicted octanol–water partition coefficient (Wildman–Crippen LogP) is 4.69. The van der Waals surface area contributed by atoms with Gasteiger partial charge in [-0.15, -0.1) is 0 Å². The summed E-state index contributed by atoms with van der Waals surface area (Å²) in [5.41, 5.74) is 0.889. The second-order valence-electron chi connectivity index (χ2n) is 7.73. The van der Waals surface area contributed by atoms with Crippen molar-refractivity contribution in [1.82, 2.24) is 10.2 Å². The zero-order chi connectivity index (χ0) is 21.9. The van der Waals surface area contributed by atoms with Gasteiger partial charge in [0.2, 0.25) is 11.8 Å². The maximum Gasteiger partial charge on any atom is 0.242 e. The van der Waals surface area contributed by atoms with Crippen molar-refractivity contribution in [2.24, 2.45) is 5.92 Å². The van der Waals surface area contributed by atoms with Crippen molar-refractivity contribution in [2.75, 3.05) is 13.2 Å². The first-order chi connectivity index (χ1) is 14.4. The van der Waals surface area contributed by atoms with Crippen LogP contribution in [0.5, 0.6) is 5.75 Å². The van der Waals surface area contributed by atoms with Crippen LogP contribution in [0, 0.1) is 5.92 Å². The lowest BCUT2D eigenvalue weighted by Gasteiger charge is -2.29. The number of rotatable bonds is 11. The van der Waals surface area contributed by atoms with Crippen LogP contribution in [-0.4, -0.2) is 35.9 Å². The second kappa shape index (κ2) is 12.2.